The molecule has 0 bridgehead atoms. The molecule has 1 heterocycles. The quantitative estimate of drug-likeness (QED) is 0.506. The van der Waals surface area contributed by atoms with Gasteiger partial charge in [0.15, 0.2) is 0 Å². The van der Waals surface area contributed by atoms with Crippen LogP contribution in [0, 0.1) is 0 Å². The Labute approximate surface area is 128 Å². The number of aromatic nitrogens is 1. The first kappa shape index (κ1) is 15.5. The molecule has 0 spiro atoms. The molecule has 0 fully saturated rings. The van der Waals surface area contributed by atoms with Crippen LogP contribution in [0.5, 0.6) is 5.75 Å². The van der Waals surface area contributed by atoms with Gasteiger partial charge in [0.1, 0.15) is 15.6 Å². The van der Waals surface area contributed by atoms with Crippen molar-refractivity contribution in [2.75, 3.05) is 6.61 Å². The number of carbonyl (C=O) groups is 1. The summed E-state index contributed by atoms with van der Waals surface area (Å²) in [6, 6.07) is 7.69. The molecule has 112 valence electrons. The van der Waals surface area contributed by atoms with Gasteiger partial charge in [0.05, 0.1) is 12.3 Å². The zero-order valence-electron chi connectivity index (χ0n) is 12.3. The molecule has 0 aliphatic rings. The smallest absolute Gasteiger partial charge is 0.277 e. The van der Waals surface area contributed by atoms with E-state index in [-0.39, 0.29) is 11.8 Å². The highest BCUT2D eigenvalue weighted by atomic mass is 32.1. The lowest BCUT2D eigenvalue weighted by atomic mass is 10.1. The molecule has 2 aromatic rings. The van der Waals surface area contributed by atoms with Crippen molar-refractivity contribution in [1.82, 2.24) is 10.4 Å². The molecular weight excluding hydrogens is 286 g/mol. The van der Waals surface area contributed by atoms with Crippen LogP contribution in [0.4, 0.5) is 0 Å². The fraction of sp³-hybridized carbons (Fsp3) is 0.333. The van der Waals surface area contributed by atoms with Crippen LogP contribution in [0.2, 0.25) is 0 Å². The highest BCUT2D eigenvalue weighted by Crippen LogP contribution is 2.32. The number of carbonyl (C=O) groups excluding carboxylic acids is 1. The van der Waals surface area contributed by atoms with Gasteiger partial charge in [-0.25, -0.2) is 10.8 Å². The molecule has 1 aromatic carbocycles. The Bertz CT molecular complexity index is 620. The first-order chi connectivity index (χ1) is 10.1. The number of ether oxygens (including phenoxy) is 1. The van der Waals surface area contributed by atoms with Crippen molar-refractivity contribution in [1.29, 1.82) is 0 Å². The minimum atomic E-state index is -0.298. The Balaban J connectivity index is 2.37. The number of amides is 1. The van der Waals surface area contributed by atoms with E-state index < -0.39 is 0 Å². The number of nitrogens with one attached hydrogen (secondary N) is 1. The molecule has 0 atom stereocenters. The van der Waals surface area contributed by atoms with Gasteiger partial charge < -0.3 is 4.74 Å². The number of nitrogens with zero attached hydrogens (tertiary/aromatic N) is 1. The molecule has 21 heavy (non-hydrogen) atoms. The van der Waals surface area contributed by atoms with Crippen LogP contribution in [0.1, 0.15) is 42.1 Å². The normalized spacial score (nSPS) is 10.7. The van der Waals surface area contributed by atoms with Gasteiger partial charge >= 0.3 is 0 Å². The van der Waals surface area contributed by atoms with Gasteiger partial charge in [-0.2, -0.15) is 0 Å². The minimum Gasteiger partial charge on any atom is -0.494 e. The predicted molar refractivity (Wildman–Crippen MR) is 84.5 cm³/mol. The molecule has 0 aliphatic heterocycles. The fourth-order valence-corrected chi connectivity index (χ4v) is 3.06. The summed E-state index contributed by atoms with van der Waals surface area (Å²) in [5.74, 6) is 5.92. The Hall–Kier alpha value is -1.92. The van der Waals surface area contributed by atoms with Crippen LogP contribution in [0.25, 0.3) is 10.6 Å². The number of hydrazine groups is 1. The van der Waals surface area contributed by atoms with Gasteiger partial charge in [-0.3, -0.25) is 10.2 Å². The second-order valence-corrected chi connectivity index (χ2v) is 5.82. The van der Waals surface area contributed by atoms with E-state index in [0.717, 1.165) is 22.0 Å². The number of nitrogen functional groups attached to an aromatic ring is 1. The lowest BCUT2D eigenvalue weighted by Gasteiger charge is -2.03. The van der Waals surface area contributed by atoms with Crippen LogP contribution in [0.3, 0.4) is 0 Å². The summed E-state index contributed by atoms with van der Waals surface area (Å²) in [7, 11) is 0. The highest BCUT2D eigenvalue weighted by molar-refractivity contribution is 7.17. The zero-order valence-corrected chi connectivity index (χ0v) is 13.2. The first-order valence-electron chi connectivity index (χ1n) is 6.81. The monoisotopic (exact) mass is 305 g/mol. The first-order valence-corrected chi connectivity index (χ1v) is 7.63. The van der Waals surface area contributed by atoms with Gasteiger partial charge in [-0.1, -0.05) is 13.8 Å². The second kappa shape index (κ2) is 6.69. The highest BCUT2D eigenvalue weighted by Gasteiger charge is 2.20. The number of rotatable bonds is 5. The van der Waals surface area contributed by atoms with Crippen molar-refractivity contribution in [2.45, 2.75) is 26.7 Å². The third kappa shape index (κ3) is 3.40. The summed E-state index contributed by atoms with van der Waals surface area (Å²) in [4.78, 5) is 17.0. The van der Waals surface area contributed by atoms with Gasteiger partial charge in [-0.15, -0.1) is 11.3 Å². The zero-order chi connectivity index (χ0) is 15.4. The molecule has 1 aromatic heterocycles. The van der Waals surface area contributed by atoms with Crippen molar-refractivity contribution < 1.29 is 9.53 Å². The van der Waals surface area contributed by atoms with Gasteiger partial charge in [0.2, 0.25) is 0 Å². The Morgan fingerprint density at radius 2 is 2.05 bits per heavy atom. The fourth-order valence-electron chi connectivity index (χ4n) is 1.94. The van der Waals surface area contributed by atoms with Crippen molar-refractivity contribution in [3.63, 3.8) is 0 Å². The Morgan fingerprint density at radius 1 is 1.38 bits per heavy atom. The lowest BCUT2D eigenvalue weighted by molar-refractivity contribution is 0.0956. The van der Waals surface area contributed by atoms with Crippen LogP contribution in [-0.4, -0.2) is 17.5 Å². The largest absolute Gasteiger partial charge is 0.494 e. The Morgan fingerprint density at radius 3 is 2.57 bits per heavy atom. The van der Waals surface area contributed by atoms with Crippen molar-refractivity contribution >= 4 is 17.2 Å². The maximum Gasteiger partial charge on any atom is 0.277 e. The number of benzene rings is 1. The van der Waals surface area contributed by atoms with Crippen LogP contribution in [0.15, 0.2) is 24.3 Å². The third-order valence-electron chi connectivity index (χ3n) is 2.95. The van der Waals surface area contributed by atoms with E-state index in [0.29, 0.717) is 11.5 Å². The van der Waals surface area contributed by atoms with Crippen molar-refractivity contribution in [2.24, 2.45) is 5.84 Å². The molecule has 2 rings (SSSR count). The van der Waals surface area contributed by atoms with Gasteiger partial charge in [0, 0.05) is 5.56 Å². The van der Waals surface area contributed by atoms with Crippen LogP contribution >= 0.6 is 11.3 Å². The number of hydrogen-bond donors (Lipinski definition) is 2. The maximum atomic E-state index is 11.8. The molecule has 0 saturated carbocycles. The molecular formula is C15H19N3O2S. The van der Waals surface area contributed by atoms with E-state index in [1.165, 1.54) is 11.3 Å². The van der Waals surface area contributed by atoms with Gasteiger partial charge in [0.25, 0.3) is 5.91 Å². The van der Waals surface area contributed by atoms with Crippen molar-refractivity contribution in [3.05, 3.63) is 34.8 Å². The molecule has 3 N–H and O–H groups in total. The van der Waals surface area contributed by atoms with Crippen LogP contribution in [-0.2, 0) is 0 Å². The van der Waals surface area contributed by atoms with E-state index in [9.17, 15) is 4.79 Å². The molecule has 0 unspecified atom stereocenters. The SMILES string of the molecule is CCOc1ccc(-c2nc(C(C)C)c(C(=O)NN)s2)cc1. The maximum absolute atomic E-state index is 11.8. The number of thiazole rings is 1. The van der Waals surface area contributed by atoms with Gasteiger partial charge in [-0.05, 0) is 37.1 Å². The molecule has 0 saturated heterocycles. The summed E-state index contributed by atoms with van der Waals surface area (Å²) in [5.41, 5.74) is 3.91. The Kier molecular flexibility index (Phi) is 4.93. The van der Waals surface area contributed by atoms with Crippen molar-refractivity contribution in [3.8, 4) is 16.3 Å². The lowest BCUT2D eigenvalue weighted by Crippen LogP contribution is -2.30. The second-order valence-electron chi connectivity index (χ2n) is 4.82. The molecule has 5 nitrogen and oxygen atoms in total. The topological polar surface area (TPSA) is 77.2 Å². The molecule has 0 aliphatic carbocycles. The summed E-state index contributed by atoms with van der Waals surface area (Å²) >= 11 is 1.35. The predicted octanol–water partition coefficient (Wildman–Crippen LogP) is 2.94. The average molecular weight is 305 g/mol. The summed E-state index contributed by atoms with van der Waals surface area (Å²) in [6.45, 7) is 6.59. The van der Waals surface area contributed by atoms with E-state index in [1.807, 2.05) is 45.0 Å². The van der Waals surface area contributed by atoms with E-state index in [4.69, 9.17) is 10.6 Å². The molecule has 1 amide bonds. The standard InChI is InChI=1S/C15H19N3O2S/c1-4-20-11-7-5-10(6-8-11)15-17-12(9(2)3)13(21-15)14(19)18-16/h5-9H,4,16H2,1-3H3,(H,18,19). The van der Waals surface area contributed by atoms with E-state index in [1.54, 1.807) is 0 Å². The van der Waals surface area contributed by atoms with E-state index >= 15 is 0 Å². The summed E-state index contributed by atoms with van der Waals surface area (Å²) < 4.78 is 5.42. The summed E-state index contributed by atoms with van der Waals surface area (Å²) in [6.07, 6.45) is 0. The van der Waals surface area contributed by atoms with Crippen LogP contribution < -0.4 is 16.0 Å². The molecule has 0 radical (unpaired) electrons. The molecule has 6 heteroatoms. The number of hydrogen-bond acceptors (Lipinski definition) is 5. The third-order valence-corrected chi connectivity index (χ3v) is 4.07. The summed E-state index contributed by atoms with van der Waals surface area (Å²) in [5, 5.41) is 0.806. The number of nitrogens with two attached hydrogens (primary N) is 1. The van der Waals surface area contributed by atoms with E-state index in [2.05, 4.69) is 10.4 Å². The average Bonchev–Trinajstić information content (AvgIpc) is 2.93. The minimum absolute atomic E-state index is 0.157.